The standard InChI is InChI=1S/C6H3BrN4O2/c7-2-1-8-3-4(9-2)6(13)11-10-5(3)12/h1H,(H,10,12)(H,11,13). The number of nitrogens with one attached hydrogen (secondary N) is 2. The van der Waals surface area contributed by atoms with Gasteiger partial charge in [-0.25, -0.2) is 9.97 Å². The first-order chi connectivity index (χ1) is 6.18. The fourth-order valence-corrected chi connectivity index (χ4v) is 1.20. The molecule has 0 amide bonds. The van der Waals surface area contributed by atoms with Crippen LogP contribution in [0.1, 0.15) is 0 Å². The Labute approximate surface area is 79.2 Å². The summed E-state index contributed by atoms with van der Waals surface area (Å²) in [6.07, 6.45) is 1.36. The predicted molar refractivity (Wildman–Crippen MR) is 48.5 cm³/mol. The monoisotopic (exact) mass is 242 g/mol. The average Bonchev–Trinajstić information content (AvgIpc) is 2.12. The van der Waals surface area contributed by atoms with Gasteiger partial charge in [-0.1, -0.05) is 0 Å². The van der Waals surface area contributed by atoms with E-state index in [1.165, 1.54) is 6.20 Å². The molecule has 2 aromatic rings. The van der Waals surface area contributed by atoms with Crippen molar-refractivity contribution in [2.75, 3.05) is 0 Å². The van der Waals surface area contributed by atoms with Crippen LogP contribution < -0.4 is 11.1 Å². The summed E-state index contributed by atoms with van der Waals surface area (Å²) < 4.78 is 0.413. The number of rotatable bonds is 0. The fraction of sp³-hybridized carbons (Fsp3) is 0. The highest BCUT2D eigenvalue weighted by atomic mass is 79.9. The number of H-pyrrole nitrogens is 2. The van der Waals surface area contributed by atoms with Crippen LogP contribution in [0, 0.1) is 0 Å². The molecule has 2 rings (SSSR count). The van der Waals surface area contributed by atoms with Crippen LogP contribution in [0.5, 0.6) is 0 Å². The van der Waals surface area contributed by atoms with E-state index in [2.05, 4.69) is 36.1 Å². The SMILES string of the molecule is O=c1[nH][nH]c(=O)c2nc(Br)cnc12. The molecule has 7 heteroatoms. The summed E-state index contributed by atoms with van der Waals surface area (Å²) in [5.41, 5.74) is -0.872. The van der Waals surface area contributed by atoms with Crippen molar-refractivity contribution < 1.29 is 0 Å². The Kier molecular flexibility index (Phi) is 1.73. The van der Waals surface area contributed by atoms with E-state index in [1.807, 2.05) is 0 Å². The van der Waals surface area contributed by atoms with Crippen LogP contribution in [0.2, 0.25) is 0 Å². The van der Waals surface area contributed by atoms with Crippen molar-refractivity contribution in [3.63, 3.8) is 0 Å². The Balaban J connectivity index is 3.10. The van der Waals surface area contributed by atoms with Gasteiger partial charge in [0, 0.05) is 0 Å². The highest BCUT2D eigenvalue weighted by Gasteiger charge is 2.05. The number of fused-ring (bicyclic) bond motifs is 1. The fourth-order valence-electron chi connectivity index (χ4n) is 0.924. The van der Waals surface area contributed by atoms with Gasteiger partial charge < -0.3 is 0 Å². The molecule has 2 N–H and O–H groups in total. The zero-order chi connectivity index (χ0) is 9.42. The molecular formula is C6H3BrN4O2. The van der Waals surface area contributed by atoms with Crippen LogP contribution >= 0.6 is 15.9 Å². The minimum Gasteiger partial charge on any atom is -0.266 e. The maximum absolute atomic E-state index is 11.1. The third-order valence-electron chi connectivity index (χ3n) is 1.46. The van der Waals surface area contributed by atoms with E-state index >= 15 is 0 Å². The van der Waals surface area contributed by atoms with Gasteiger partial charge in [-0.15, -0.1) is 0 Å². The quantitative estimate of drug-likeness (QED) is 0.668. The van der Waals surface area contributed by atoms with Gasteiger partial charge in [-0.05, 0) is 15.9 Å². The van der Waals surface area contributed by atoms with E-state index in [0.29, 0.717) is 4.60 Å². The second-order valence-electron chi connectivity index (χ2n) is 2.30. The highest BCUT2D eigenvalue weighted by molar-refractivity contribution is 9.10. The molecular weight excluding hydrogens is 240 g/mol. The molecule has 0 unspecified atom stereocenters. The van der Waals surface area contributed by atoms with Crippen molar-refractivity contribution in [3.05, 3.63) is 31.5 Å². The summed E-state index contributed by atoms with van der Waals surface area (Å²) in [5, 5.41) is 4.30. The molecule has 66 valence electrons. The lowest BCUT2D eigenvalue weighted by atomic mass is 10.4. The first-order valence-electron chi connectivity index (χ1n) is 3.31. The van der Waals surface area contributed by atoms with Crippen molar-refractivity contribution >= 4 is 27.0 Å². The van der Waals surface area contributed by atoms with Gasteiger partial charge in [0.25, 0.3) is 11.1 Å². The molecule has 13 heavy (non-hydrogen) atoms. The van der Waals surface area contributed by atoms with Crippen molar-refractivity contribution in [2.45, 2.75) is 0 Å². The van der Waals surface area contributed by atoms with Gasteiger partial charge in [0.15, 0.2) is 11.0 Å². The lowest BCUT2D eigenvalue weighted by Crippen LogP contribution is -2.20. The van der Waals surface area contributed by atoms with Crippen LogP contribution in [-0.2, 0) is 0 Å². The zero-order valence-electron chi connectivity index (χ0n) is 6.17. The maximum Gasteiger partial charge on any atom is 0.290 e. The third-order valence-corrected chi connectivity index (χ3v) is 1.84. The van der Waals surface area contributed by atoms with Crippen LogP contribution in [0.4, 0.5) is 0 Å². The minimum absolute atomic E-state index is 0.0260. The summed E-state index contributed by atoms with van der Waals surface area (Å²) in [5.74, 6) is 0. The van der Waals surface area contributed by atoms with Crippen molar-refractivity contribution in [2.24, 2.45) is 0 Å². The molecule has 0 atom stereocenters. The van der Waals surface area contributed by atoms with Crippen LogP contribution in [-0.4, -0.2) is 20.2 Å². The van der Waals surface area contributed by atoms with E-state index in [4.69, 9.17) is 0 Å². The molecule has 6 nitrogen and oxygen atoms in total. The molecule has 0 bridgehead atoms. The second kappa shape index (κ2) is 2.77. The minimum atomic E-state index is -0.469. The Morgan fingerprint density at radius 3 is 2.46 bits per heavy atom. The van der Waals surface area contributed by atoms with Gasteiger partial charge in [-0.3, -0.25) is 19.8 Å². The van der Waals surface area contributed by atoms with E-state index in [0.717, 1.165) is 0 Å². The van der Waals surface area contributed by atoms with Crippen molar-refractivity contribution in [3.8, 4) is 0 Å². The summed E-state index contributed by atoms with van der Waals surface area (Å²) in [6.45, 7) is 0. The molecule has 0 saturated carbocycles. The van der Waals surface area contributed by atoms with Crippen LogP contribution in [0.15, 0.2) is 20.4 Å². The Hall–Kier alpha value is -1.50. The number of hydrogen-bond donors (Lipinski definition) is 2. The summed E-state index contributed by atoms with van der Waals surface area (Å²) in [7, 11) is 0. The predicted octanol–water partition coefficient (Wildman–Crippen LogP) is -0.231. The molecule has 0 fully saturated rings. The van der Waals surface area contributed by atoms with E-state index in [9.17, 15) is 9.59 Å². The molecule has 0 aromatic carbocycles. The Morgan fingerprint density at radius 1 is 1.15 bits per heavy atom. The first kappa shape index (κ1) is 8.11. The van der Waals surface area contributed by atoms with Crippen molar-refractivity contribution in [1.29, 1.82) is 0 Å². The molecule has 0 aliphatic carbocycles. The number of aromatic amines is 2. The maximum atomic E-state index is 11.1. The summed E-state index contributed by atoms with van der Waals surface area (Å²) >= 11 is 3.05. The first-order valence-corrected chi connectivity index (χ1v) is 4.11. The molecule has 0 radical (unpaired) electrons. The normalized spacial score (nSPS) is 10.5. The van der Waals surface area contributed by atoms with E-state index in [1.54, 1.807) is 0 Å². The Bertz CT molecular complexity index is 573. The van der Waals surface area contributed by atoms with Gasteiger partial charge in [0.1, 0.15) is 4.60 Å². The lowest BCUT2D eigenvalue weighted by molar-refractivity contribution is 0.959. The lowest BCUT2D eigenvalue weighted by Gasteiger charge is -1.93. The van der Waals surface area contributed by atoms with E-state index < -0.39 is 11.1 Å². The summed E-state index contributed by atoms with van der Waals surface area (Å²) in [4.78, 5) is 29.8. The molecule has 0 aliphatic rings. The number of halogens is 1. The molecule has 2 heterocycles. The molecule has 0 aliphatic heterocycles. The third kappa shape index (κ3) is 1.26. The summed E-state index contributed by atoms with van der Waals surface area (Å²) in [6, 6.07) is 0. The van der Waals surface area contributed by atoms with Crippen LogP contribution in [0.3, 0.4) is 0 Å². The highest BCUT2D eigenvalue weighted by Crippen LogP contribution is 2.04. The smallest absolute Gasteiger partial charge is 0.266 e. The van der Waals surface area contributed by atoms with Crippen LogP contribution in [0.25, 0.3) is 11.0 Å². The second-order valence-corrected chi connectivity index (χ2v) is 3.11. The molecule has 0 saturated heterocycles. The van der Waals surface area contributed by atoms with Gasteiger partial charge in [-0.2, -0.15) is 0 Å². The zero-order valence-corrected chi connectivity index (χ0v) is 7.75. The van der Waals surface area contributed by atoms with E-state index in [-0.39, 0.29) is 11.0 Å². The number of hydrogen-bond acceptors (Lipinski definition) is 4. The average molecular weight is 243 g/mol. The van der Waals surface area contributed by atoms with Gasteiger partial charge in [0.05, 0.1) is 6.20 Å². The van der Waals surface area contributed by atoms with Gasteiger partial charge >= 0.3 is 0 Å². The largest absolute Gasteiger partial charge is 0.290 e. The Morgan fingerprint density at radius 2 is 1.77 bits per heavy atom. The number of aromatic nitrogens is 4. The topological polar surface area (TPSA) is 91.5 Å². The molecule has 0 spiro atoms. The van der Waals surface area contributed by atoms with Crippen molar-refractivity contribution in [1.82, 2.24) is 20.2 Å². The molecule has 2 aromatic heterocycles. The number of nitrogens with zero attached hydrogens (tertiary/aromatic N) is 2. The van der Waals surface area contributed by atoms with Gasteiger partial charge in [0.2, 0.25) is 0 Å².